The topological polar surface area (TPSA) is 108 Å². The highest BCUT2D eigenvalue weighted by atomic mass is 32.2. The number of rotatable bonds is 6. The summed E-state index contributed by atoms with van der Waals surface area (Å²) < 4.78 is 80.4. The van der Waals surface area contributed by atoms with Crippen molar-refractivity contribution in [2.45, 2.75) is 38.3 Å². The zero-order valence-electron chi connectivity index (χ0n) is 16.7. The van der Waals surface area contributed by atoms with E-state index in [1.807, 2.05) is 0 Å². The molecule has 1 unspecified atom stereocenters. The minimum Gasteiger partial charge on any atom is -0.466 e. The van der Waals surface area contributed by atoms with Gasteiger partial charge >= 0.3 is 27.7 Å². The quantitative estimate of drug-likeness (QED) is 0.346. The van der Waals surface area contributed by atoms with Gasteiger partial charge < -0.3 is 23.3 Å². The number of methoxy groups -OCH3 is 2. The molecule has 0 saturated heterocycles. The normalized spacial score (nSPS) is 18.5. The molecule has 0 N–H and O–H groups in total. The maximum atomic E-state index is 12.8. The molecule has 13 heteroatoms. The number of hydrogen-bond acceptors (Lipinski definition) is 8. The number of carbonyl (C=O) groups is 2. The standard InChI is InChI=1S/C16H24F3NO8S/c1-15(2,3)27-14(22)20-8-10(6-7-25-4)12(11(9-20)13(21)26-5)28-29(23,24)16(17,18)19/h10H,6-9H2,1-5H3. The SMILES string of the molecule is COCCC1CN(C(=O)OC(C)(C)C)CC(C(=O)OC)=C1OS(=O)(=O)C(F)(F)F. The van der Waals surface area contributed by atoms with Crippen molar-refractivity contribution < 1.29 is 49.6 Å². The minimum atomic E-state index is -6.04. The van der Waals surface area contributed by atoms with Gasteiger partial charge in [0, 0.05) is 26.2 Å². The molecule has 0 aromatic heterocycles. The highest BCUT2D eigenvalue weighted by Crippen LogP contribution is 2.34. The molecule has 0 aromatic rings. The Balaban J connectivity index is 3.41. The molecule has 1 aliphatic heterocycles. The Morgan fingerprint density at radius 3 is 2.21 bits per heavy atom. The van der Waals surface area contributed by atoms with Crippen LogP contribution >= 0.6 is 0 Å². The molecule has 0 bridgehead atoms. The van der Waals surface area contributed by atoms with E-state index in [1.165, 1.54) is 7.11 Å². The Labute approximate surface area is 166 Å². The first-order valence-electron chi connectivity index (χ1n) is 8.42. The third-order valence-corrected chi connectivity index (χ3v) is 4.66. The van der Waals surface area contributed by atoms with Gasteiger partial charge in [-0.3, -0.25) is 0 Å². The minimum absolute atomic E-state index is 0.000202. The fourth-order valence-electron chi connectivity index (χ4n) is 2.45. The maximum Gasteiger partial charge on any atom is 0.534 e. The van der Waals surface area contributed by atoms with E-state index in [4.69, 9.17) is 9.47 Å². The number of amides is 1. The Hall–Kier alpha value is -2.02. The third kappa shape index (κ3) is 6.77. The molecule has 0 fully saturated rings. The van der Waals surface area contributed by atoms with Crippen LogP contribution in [-0.4, -0.2) is 70.4 Å². The summed E-state index contributed by atoms with van der Waals surface area (Å²) in [6, 6.07) is 0. The lowest BCUT2D eigenvalue weighted by Crippen LogP contribution is -2.46. The number of halogens is 3. The van der Waals surface area contributed by atoms with Crippen molar-refractivity contribution in [3.8, 4) is 0 Å². The second-order valence-electron chi connectivity index (χ2n) is 7.16. The van der Waals surface area contributed by atoms with Crippen molar-refractivity contribution in [2.75, 3.05) is 33.9 Å². The zero-order chi connectivity index (χ0) is 22.6. The first kappa shape index (κ1) is 25.0. The molecule has 1 aliphatic rings. The van der Waals surface area contributed by atoms with Crippen LogP contribution in [0, 0.1) is 5.92 Å². The van der Waals surface area contributed by atoms with Gasteiger partial charge in [0.1, 0.15) is 11.4 Å². The monoisotopic (exact) mass is 447 g/mol. The van der Waals surface area contributed by atoms with Gasteiger partial charge in [0.2, 0.25) is 0 Å². The van der Waals surface area contributed by atoms with Gasteiger partial charge in [-0.25, -0.2) is 9.59 Å². The van der Waals surface area contributed by atoms with E-state index in [1.54, 1.807) is 20.8 Å². The van der Waals surface area contributed by atoms with Gasteiger partial charge in [0.05, 0.1) is 19.2 Å². The molecular weight excluding hydrogens is 423 g/mol. The Bertz CT molecular complexity index is 755. The summed E-state index contributed by atoms with van der Waals surface area (Å²) in [6.07, 6.45) is -0.863. The van der Waals surface area contributed by atoms with Crippen molar-refractivity contribution >= 4 is 22.2 Å². The maximum absolute atomic E-state index is 12.8. The Morgan fingerprint density at radius 1 is 1.17 bits per heavy atom. The second-order valence-corrected chi connectivity index (χ2v) is 8.69. The van der Waals surface area contributed by atoms with E-state index in [0.29, 0.717) is 0 Å². The number of nitrogens with zero attached hydrogens (tertiary/aromatic N) is 1. The number of ether oxygens (including phenoxy) is 3. The fourth-order valence-corrected chi connectivity index (χ4v) is 3.02. The van der Waals surface area contributed by atoms with Gasteiger partial charge in [0.25, 0.3) is 0 Å². The van der Waals surface area contributed by atoms with E-state index in [2.05, 4.69) is 8.92 Å². The van der Waals surface area contributed by atoms with Crippen molar-refractivity contribution in [1.29, 1.82) is 0 Å². The second kappa shape index (κ2) is 9.20. The highest BCUT2D eigenvalue weighted by Gasteiger charge is 2.50. The first-order valence-corrected chi connectivity index (χ1v) is 9.82. The van der Waals surface area contributed by atoms with Crippen LogP contribution in [0.2, 0.25) is 0 Å². The van der Waals surface area contributed by atoms with Crippen LogP contribution in [0.15, 0.2) is 11.3 Å². The zero-order valence-corrected chi connectivity index (χ0v) is 17.5. The van der Waals surface area contributed by atoms with E-state index in [-0.39, 0.29) is 19.6 Å². The average Bonchev–Trinajstić information content (AvgIpc) is 2.57. The predicted molar refractivity (Wildman–Crippen MR) is 92.9 cm³/mol. The lowest BCUT2D eigenvalue weighted by Gasteiger charge is -2.35. The molecule has 0 aliphatic carbocycles. The number of carbonyl (C=O) groups excluding carboxylic acids is 2. The molecule has 0 radical (unpaired) electrons. The van der Waals surface area contributed by atoms with E-state index in [9.17, 15) is 31.2 Å². The van der Waals surface area contributed by atoms with Crippen molar-refractivity contribution in [3.63, 3.8) is 0 Å². The molecule has 1 atom stereocenters. The van der Waals surface area contributed by atoms with Crippen LogP contribution in [0.1, 0.15) is 27.2 Å². The Kier molecular flexibility index (Phi) is 7.94. The van der Waals surface area contributed by atoms with Crippen LogP contribution in [-0.2, 0) is 33.3 Å². The third-order valence-electron chi connectivity index (χ3n) is 3.69. The van der Waals surface area contributed by atoms with Crippen molar-refractivity contribution in [2.24, 2.45) is 5.92 Å². The molecule has 1 heterocycles. The van der Waals surface area contributed by atoms with Crippen molar-refractivity contribution in [1.82, 2.24) is 4.90 Å². The van der Waals surface area contributed by atoms with Crippen LogP contribution in [0.4, 0.5) is 18.0 Å². The molecule has 0 spiro atoms. The van der Waals surface area contributed by atoms with Crippen LogP contribution in [0.3, 0.4) is 0 Å². The van der Waals surface area contributed by atoms with Crippen LogP contribution in [0.5, 0.6) is 0 Å². The molecule has 1 amide bonds. The average molecular weight is 447 g/mol. The van der Waals surface area contributed by atoms with Crippen LogP contribution in [0.25, 0.3) is 0 Å². The highest BCUT2D eigenvalue weighted by molar-refractivity contribution is 7.87. The summed E-state index contributed by atoms with van der Waals surface area (Å²) in [7, 11) is -3.75. The lowest BCUT2D eigenvalue weighted by atomic mass is 9.94. The molecule has 9 nitrogen and oxygen atoms in total. The van der Waals surface area contributed by atoms with Crippen LogP contribution < -0.4 is 0 Å². The smallest absolute Gasteiger partial charge is 0.466 e. The number of alkyl halides is 3. The summed E-state index contributed by atoms with van der Waals surface area (Å²) in [6.45, 7) is 4.03. The molecule has 1 rings (SSSR count). The molecule has 29 heavy (non-hydrogen) atoms. The lowest BCUT2D eigenvalue weighted by molar-refractivity contribution is -0.137. The Morgan fingerprint density at radius 2 is 1.76 bits per heavy atom. The van der Waals surface area contributed by atoms with E-state index in [0.717, 1.165) is 12.0 Å². The van der Waals surface area contributed by atoms with E-state index >= 15 is 0 Å². The van der Waals surface area contributed by atoms with Gasteiger partial charge in [-0.05, 0) is 27.2 Å². The summed E-state index contributed by atoms with van der Waals surface area (Å²) in [5.74, 6) is -2.94. The molecular formula is C16H24F3NO8S. The first-order chi connectivity index (χ1) is 13.1. The fraction of sp³-hybridized carbons (Fsp3) is 0.750. The summed E-state index contributed by atoms with van der Waals surface area (Å²) in [4.78, 5) is 25.6. The summed E-state index contributed by atoms with van der Waals surface area (Å²) >= 11 is 0. The molecule has 0 saturated carbocycles. The summed E-state index contributed by atoms with van der Waals surface area (Å²) in [5.41, 5.74) is -7.10. The van der Waals surface area contributed by atoms with Gasteiger partial charge in [-0.2, -0.15) is 21.6 Å². The predicted octanol–water partition coefficient (Wildman–Crippen LogP) is 2.18. The van der Waals surface area contributed by atoms with Gasteiger partial charge in [0.15, 0.2) is 0 Å². The largest absolute Gasteiger partial charge is 0.534 e. The molecule has 168 valence electrons. The van der Waals surface area contributed by atoms with Gasteiger partial charge in [-0.1, -0.05) is 0 Å². The number of esters is 1. The molecule has 0 aromatic carbocycles. The summed E-state index contributed by atoms with van der Waals surface area (Å²) in [5, 5.41) is 0. The van der Waals surface area contributed by atoms with E-state index < -0.39 is 57.1 Å². The van der Waals surface area contributed by atoms with Crippen molar-refractivity contribution in [3.05, 3.63) is 11.3 Å². The van der Waals surface area contributed by atoms with Gasteiger partial charge in [-0.15, -0.1) is 0 Å². The number of hydrogen-bond donors (Lipinski definition) is 0.